The lowest BCUT2D eigenvalue weighted by Crippen LogP contribution is -2.19. The first-order chi connectivity index (χ1) is 12.6. The average molecular weight is 369 g/mol. The number of carboxylic acid groups (broad SMARTS) is 1. The Morgan fingerprint density at radius 3 is 2.58 bits per heavy atom. The molecule has 1 aliphatic carbocycles. The van der Waals surface area contributed by atoms with Crippen LogP contribution in [0.15, 0.2) is 24.3 Å². The highest BCUT2D eigenvalue weighted by Crippen LogP contribution is 2.39. The molecule has 150 valence electrons. The molecule has 0 aromatic carbocycles. The number of carboxylic acids is 1. The maximum Gasteiger partial charge on any atom is 0.303 e. The number of carbonyl (C=O) groups is 1. The lowest BCUT2D eigenvalue weighted by Gasteiger charge is -2.19. The standard InChI is InChI=1S/C12H18O4.C9H18O/c13-12(14)6-4-2-1-3-5-9-7-10-8-11(9)16-15-10;1-3-5-6-8-9(10)7-4-2/h1,3,9-11H,2,4-8H2,(H,13,14);4,7,9-10H,3,5-6,8H2,1-2H3/b3-1-;7-4+/t9-,10?,11?;/m1./s1. The highest BCUT2D eigenvalue weighted by atomic mass is 17.2. The monoisotopic (exact) mass is 368 g/mol. The molecule has 26 heavy (non-hydrogen) atoms. The molecule has 0 aromatic rings. The van der Waals surface area contributed by atoms with E-state index in [0.29, 0.717) is 12.0 Å². The van der Waals surface area contributed by atoms with Crippen molar-refractivity contribution in [3.05, 3.63) is 24.3 Å². The summed E-state index contributed by atoms with van der Waals surface area (Å²) in [6.07, 6.45) is 17.9. The third-order valence-electron chi connectivity index (χ3n) is 4.79. The van der Waals surface area contributed by atoms with Gasteiger partial charge in [-0.25, -0.2) is 9.78 Å². The van der Waals surface area contributed by atoms with Gasteiger partial charge in [-0.3, -0.25) is 4.79 Å². The molecule has 3 unspecified atom stereocenters. The number of hydrogen-bond donors (Lipinski definition) is 2. The molecule has 1 saturated carbocycles. The molecule has 2 fully saturated rings. The fourth-order valence-corrected chi connectivity index (χ4v) is 3.31. The Bertz CT molecular complexity index is 432. The molecular weight excluding hydrogens is 332 g/mol. The van der Waals surface area contributed by atoms with Crippen molar-refractivity contribution in [1.29, 1.82) is 0 Å². The molecule has 1 aliphatic heterocycles. The minimum Gasteiger partial charge on any atom is -0.481 e. The predicted octanol–water partition coefficient (Wildman–Crippen LogP) is 4.80. The summed E-state index contributed by atoms with van der Waals surface area (Å²) in [5.74, 6) is -0.124. The first-order valence-electron chi connectivity index (χ1n) is 10.1. The number of hydrogen-bond acceptors (Lipinski definition) is 4. The van der Waals surface area contributed by atoms with Crippen molar-refractivity contribution >= 4 is 5.97 Å². The summed E-state index contributed by atoms with van der Waals surface area (Å²) in [6, 6.07) is 0. The quantitative estimate of drug-likeness (QED) is 0.311. The Kier molecular flexibility index (Phi) is 12.3. The van der Waals surface area contributed by atoms with Crippen molar-refractivity contribution < 1.29 is 24.8 Å². The van der Waals surface area contributed by atoms with Crippen LogP contribution in [0.2, 0.25) is 0 Å². The first-order valence-corrected chi connectivity index (χ1v) is 10.1. The molecule has 5 heteroatoms. The summed E-state index contributed by atoms with van der Waals surface area (Å²) in [4.78, 5) is 20.5. The zero-order valence-corrected chi connectivity index (χ0v) is 16.3. The minimum absolute atomic E-state index is 0.212. The Morgan fingerprint density at radius 1 is 1.19 bits per heavy atom. The Labute approximate surface area is 158 Å². The van der Waals surface area contributed by atoms with Gasteiger partial charge in [-0.2, -0.15) is 0 Å². The summed E-state index contributed by atoms with van der Waals surface area (Å²) >= 11 is 0. The van der Waals surface area contributed by atoms with Crippen LogP contribution in [0, 0.1) is 5.92 Å². The first kappa shape index (κ1) is 22.9. The van der Waals surface area contributed by atoms with E-state index < -0.39 is 5.97 Å². The van der Waals surface area contributed by atoms with Gasteiger partial charge in [0.2, 0.25) is 0 Å². The van der Waals surface area contributed by atoms with Gasteiger partial charge in [-0.15, -0.1) is 0 Å². The van der Waals surface area contributed by atoms with E-state index in [1.807, 2.05) is 19.1 Å². The van der Waals surface area contributed by atoms with E-state index in [1.54, 1.807) is 0 Å². The third-order valence-corrected chi connectivity index (χ3v) is 4.79. The molecule has 2 rings (SSSR count). The van der Waals surface area contributed by atoms with Crippen LogP contribution in [-0.2, 0) is 14.6 Å². The second-order valence-electron chi connectivity index (χ2n) is 7.17. The lowest BCUT2D eigenvalue weighted by atomic mass is 10.0. The van der Waals surface area contributed by atoms with Crippen LogP contribution in [0.4, 0.5) is 0 Å². The average Bonchev–Trinajstić information content (AvgIpc) is 3.22. The van der Waals surface area contributed by atoms with Crippen LogP contribution in [0.5, 0.6) is 0 Å². The summed E-state index contributed by atoms with van der Waals surface area (Å²) in [5.41, 5.74) is 0. The maximum absolute atomic E-state index is 10.3. The maximum atomic E-state index is 10.3. The van der Waals surface area contributed by atoms with Crippen molar-refractivity contribution in [2.45, 2.75) is 96.4 Å². The molecule has 0 aromatic heterocycles. The topological polar surface area (TPSA) is 76.0 Å². The van der Waals surface area contributed by atoms with E-state index in [0.717, 1.165) is 44.9 Å². The van der Waals surface area contributed by atoms with Gasteiger partial charge >= 0.3 is 5.97 Å². The highest BCUT2D eigenvalue weighted by molar-refractivity contribution is 5.66. The minimum atomic E-state index is -0.716. The van der Waals surface area contributed by atoms with Gasteiger partial charge in [0.25, 0.3) is 0 Å². The number of fused-ring (bicyclic) bond motifs is 2. The summed E-state index contributed by atoms with van der Waals surface area (Å²) < 4.78 is 0. The Balaban J connectivity index is 0.000000294. The van der Waals surface area contributed by atoms with Gasteiger partial charge in [0, 0.05) is 12.8 Å². The number of aliphatic carboxylic acids is 1. The van der Waals surface area contributed by atoms with Crippen LogP contribution < -0.4 is 0 Å². The summed E-state index contributed by atoms with van der Waals surface area (Å²) in [7, 11) is 0. The second-order valence-corrected chi connectivity index (χ2v) is 7.17. The van der Waals surface area contributed by atoms with Gasteiger partial charge in [0.05, 0.1) is 18.3 Å². The molecule has 0 radical (unpaired) electrons. The molecule has 5 nitrogen and oxygen atoms in total. The lowest BCUT2D eigenvalue weighted by molar-refractivity contribution is -0.326. The van der Waals surface area contributed by atoms with Crippen LogP contribution in [0.3, 0.4) is 0 Å². The van der Waals surface area contributed by atoms with Crippen LogP contribution >= 0.6 is 0 Å². The van der Waals surface area contributed by atoms with Crippen molar-refractivity contribution in [2.24, 2.45) is 5.92 Å². The summed E-state index contributed by atoms with van der Waals surface area (Å²) in [6.45, 7) is 4.10. The van der Waals surface area contributed by atoms with Crippen LogP contribution in [-0.4, -0.2) is 34.5 Å². The van der Waals surface area contributed by atoms with E-state index in [4.69, 9.17) is 14.9 Å². The molecule has 2 N–H and O–H groups in total. The van der Waals surface area contributed by atoms with E-state index >= 15 is 0 Å². The van der Waals surface area contributed by atoms with Gasteiger partial charge in [0.1, 0.15) is 0 Å². The van der Waals surface area contributed by atoms with E-state index in [1.165, 1.54) is 12.8 Å². The van der Waals surface area contributed by atoms with Gasteiger partial charge < -0.3 is 10.2 Å². The number of rotatable bonds is 11. The smallest absolute Gasteiger partial charge is 0.303 e. The fourth-order valence-electron chi connectivity index (χ4n) is 3.31. The molecule has 0 amide bonds. The van der Waals surface area contributed by atoms with E-state index in [2.05, 4.69) is 19.1 Å². The second kappa shape index (κ2) is 14.0. The van der Waals surface area contributed by atoms with E-state index in [-0.39, 0.29) is 18.6 Å². The molecule has 4 atom stereocenters. The number of unbranched alkanes of at least 4 members (excludes halogenated alkanes) is 3. The Morgan fingerprint density at radius 2 is 2.00 bits per heavy atom. The molecular formula is C21H36O5. The number of allylic oxidation sites excluding steroid dienone is 3. The summed E-state index contributed by atoms with van der Waals surface area (Å²) in [5, 5.41) is 17.6. The molecule has 1 heterocycles. The number of aliphatic hydroxyl groups excluding tert-OH is 1. The molecule has 2 bridgehead atoms. The van der Waals surface area contributed by atoms with Crippen molar-refractivity contribution in [2.75, 3.05) is 0 Å². The van der Waals surface area contributed by atoms with E-state index in [9.17, 15) is 9.90 Å². The van der Waals surface area contributed by atoms with Crippen molar-refractivity contribution in [1.82, 2.24) is 0 Å². The fraction of sp³-hybridized carbons (Fsp3) is 0.762. The normalized spacial score (nSPS) is 25.6. The van der Waals surface area contributed by atoms with Gasteiger partial charge in [-0.1, -0.05) is 50.5 Å². The van der Waals surface area contributed by atoms with Crippen LogP contribution in [0.1, 0.15) is 78.1 Å². The largest absolute Gasteiger partial charge is 0.481 e. The molecule has 1 saturated heterocycles. The third kappa shape index (κ3) is 10.1. The van der Waals surface area contributed by atoms with Crippen LogP contribution in [0.25, 0.3) is 0 Å². The predicted molar refractivity (Wildman–Crippen MR) is 103 cm³/mol. The zero-order chi connectivity index (χ0) is 19.2. The molecule has 0 spiro atoms. The highest BCUT2D eigenvalue weighted by Gasteiger charge is 2.42. The zero-order valence-electron chi connectivity index (χ0n) is 16.3. The van der Waals surface area contributed by atoms with Crippen molar-refractivity contribution in [3.63, 3.8) is 0 Å². The molecule has 2 aliphatic rings. The SMILES string of the molecule is C/C=C/C(O)CCCCC.O=C(O)CCC/C=C\C[C@@H]1CC2CC1OO2. The van der Waals surface area contributed by atoms with Gasteiger partial charge in [0.15, 0.2) is 0 Å². The van der Waals surface area contributed by atoms with Crippen molar-refractivity contribution in [3.8, 4) is 0 Å². The number of aliphatic hydroxyl groups is 1. The Hall–Kier alpha value is -1.17. The van der Waals surface area contributed by atoms with Gasteiger partial charge in [-0.05, 0) is 44.9 Å².